The molecule has 1 fully saturated rings. The summed E-state index contributed by atoms with van der Waals surface area (Å²) in [6.45, 7) is 1.53. The molecule has 9 nitrogen and oxygen atoms in total. The normalized spacial score (nSPS) is 15.9. The standard InChI is InChI=1S/C20H24N6O3/c1-27-15-9-13(10-16(11-15)28-2)23-18-17(6-3-7-21-18)19-24-20(26-25-19)22-12-14-5-4-8-29-14/h3,6-7,9-11,14H,4-5,8,12H2,1-2H3,(H,21,23)(H2,22,24,25,26). The molecule has 1 aliphatic rings. The number of aromatic amines is 1. The van der Waals surface area contributed by atoms with Gasteiger partial charge in [0.1, 0.15) is 17.3 Å². The summed E-state index contributed by atoms with van der Waals surface area (Å²) in [7, 11) is 3.23. The SMILES string of the molecule is COc1cc(Nc2ncccc2-c2nnc(NCC3CCCO3)[nH]2)cc(OC)c1. The Hall–Kier alpha value is -3.33. The van der Waals surface area contributed by atoms with Crippen molar-refractivity contribution in [3.05, 3.63) is 36.5 Å². The van der Waals surface area contributed by atoms with Crippen molar-refractivity contribution in [3.8, 4) is 22.9 Å². The van der Waals surface area contributed by atoms with Crippen LogP contribution >= 0.6 is 0 Å². The van der Waals surface area contributed by atoms with Crippen molar-refractivity contribution >= 4 is 17.5 Å². The van der Waals surface area contributed by atoms with Crippen molar-refractivity contribution in [3.63, 3.8) is 0 Å². The molecule has 3 heterocycles. The topological polar surface area (TPSA) is 106 Å². The zero-order valence-electron chi connectivity index (χ0n) is 16.4. The Morgan fingerprint density at radius 1 is 1.17 bits per heavy atom. The van der Waals surface area contributed by atoms with Gasteiger partial charge in [-0.15, -0.1) is 10.2 Å². The number of nitrogens with zero attached hydrogens (tertiary/aromatic N) is 3. The number of rotatable bonds is 8. The highest BCUT2D eigenvalue weighted by Crippen LogP contribution is 2.31. The van der Waals surface area contributed by atoms with E-state index in [1.807, 2.05) is 30.3 Å². The lowest BCUT2D eigenvalue weighted by Crippen LogP contribution is -2.18. The van der Waals surface area contributed by atoms with Gasteiger partial charge in [-0.2, -0.15) is 0 Å². The van der Waals surface area contributed by atoms with E-state index in [4.69, 9.17) is 14.2 Å². The number of ether oxygens (including phenoxy) is 3. The predicted octanol–water partition coefficient (Wildman–Crippen LogP) is 3.22. The van der Waals surface area contributed by atoms with Gasteiger partial charge >= 0.3 is 0 Å². The Morgan fingerprint density at radius 3 is 2.72 bits per heavy atom. The third-order valence-corrected chi connectivity index (χ3v) is 4.68. The highest BCUT2D eigenvalue weighted by molar-refractivity contribution is 5.75. The van der Waals surface area contributed by atoms with Crippen LogP contribution in [0, 0.1) is 0 Å². The number of benzene rings is 1. The molecule has 0 radical (unpaired) electrons. The number of H-pyrrole nitrogens is 1. The molecule has 1 unspecified atom stereocenters. The minimum absolute atomic E-state index is 0.224. The van der Waals surface area contributed by atoms with Gasteiger partial charge in [0.15, 0.2) is 5.82 Å². The first-order valence-corrected chi connectivity index (χ1v) is 9.49. The summed E-state index contributed by atoms with van der Waals surface area (Å²) in [4.78, 5) is 7.67. The van der Waals surface area contributed by atoms with Crippen LogP contribution in [0.15, 0.2) is 36.5 Å². The summed E-state index contributed by atoms with van der Waals surface area (Å²) >= 11 is 0. The summed E-state index contributed by atoms with van der Waals surface area (Å²) in [5, 5.41) is 15.0. The Labute approximate surface area is 168 Å². The molecule has 1 aromatic carbocycles. The van der Waals surface area contributed by atoms with Crippen LogP contribution in [-0.2, 0) is 4.74 Å². The van der Waals surface area contributed by atoms with Crippen molar-refractivity contribution in [2.75, 3.05) is 38.0 Å². The first kappa shape index (κ1) is 19.0. The number of nitrogens with one attached hydrogen (secondary N) is 3. The van der Waals surface area contributed by atoms with Gasteiger partial charge < -0.3 is 29.8 Å². The molecule has 2 aromatic heterocycles. The van der Waals surface area contributed by atoms with E-state index >= 15 is 0 Å². The summed E-state index contributed by atoms with van der Waals surface area (Å²) in [6.07, 6.45) is 4.11. The van der Waals surface area contributed by atoms with Crippen molar-refractivity contribution in [1.82, 2.24) is 20.2 Å². The molecule has 4 rings (SSSR count). The van der Waals surface area contributed by atoms with E-state index in [1.165, 1.54) is 0 Å². The van der Waals surface area contributed by atoms with Crippen LogP contribution < -0.4 is 20.1 Å². The number of anilines is 3. The van der Waals surface area contributed by atoms with Gasteiger partial charge in [-0.3, -0.25) is 0 Å². The van der Waals surface area contributed by atoms with Crippen LogP contribution in [0.5, 0.6) is 11.5 Å². The molecule has 0 amide bonds. The third kappa shape index (κ3) is 4.57. The molecule has 0 aliphatic carbocycles. The molecule has 1 atom stereocenters. The van der Waals surface area contributed by atoms with E-state index < -0.39 is 0 Å². The van der Waals surface area contributed by atoms with Gasteiger partial charge in [0.2, 0.25) is 5.95 Å². The number of pyridine rings is 1. The van der Waals surface area contributed by atoms with Gasteiger partial charge in [-0.05, 0) is 25.0 Å². The first-order chi connectivity index (χ1) is 14.2. The van der Waals surface area contributed by atoms with Crippen LogP contribution in [0.2, 0.25) is 0 Å². The van der Waals surface area contributed by atoms with E-state index in [1.54, 1.807) is 20.4 Å². The zero-order valence-corrected chi connectivity index (χ0v) is 16.4. The number of methoxy groups -OCH3 is 2. The van der Waals surface area contributed by atoms with E-state index in [-0.39, 0.29) is 6.10 Å². The lowest BCUT2D eigenvalue weighted by molar-refractivity contribution is 0.120. The van der Waals surface area contributed by atoms with Crippen LogP contribution in [0.1, 0.15) is 12.8 Å². The van der Waals surface area contributed by atoms with Crippen molar-refractivity contribution in [1.29, 1.82) is 0 Å². The monoisotopic (exact) mass is 396 g/mol. The fourth-order valence-electron chi connectivity index (χ4n) is 3.19. The molecule has 9 heteroatoms. The fraction of sp³-hybridized carbons (Fsp3) is 0.350. The summed E-state index contributed by atoms with van der Waals surface area (Å²) in [6, 6.07) is 9.34. The molecule has 152 valence electrons. The highest BCUT2D eigenvalue weighted by atomic mass is 16.5. The first-order valence-electron chi connectivity index (χ1n) is 9.49. The van der Waals surface area contributed by atoms with Gasteiger partial charge in [0.25, 0.3) is 0 Å². The number of hydrogen-bond donors (Lipinski definition) is 3. The van der Waals surface area contributed by atoms with Crippen LogP contribution in [0.4, 0.5) is 17.5 Å². The molecule has 0 bridgehead atoms. The van der Waals surface area contributed by atoms with Gasteiger partial charge in [-0.1, -0.05) is 0 Å². The Morgan fingerprint density at radius 2 is 2.00 bits per heavy atom. The molecule has 29 heavy (non-hydrogen) atoms. The maximum atomic E-state index is 5.62. The third-order valence-electron chi connectivity index (χ3n) is 4.68. The van der Waals surface area contributed by atoms with Crippen molar-refractivity contribution < 1.29 is 14.2 Å². The Balaban J connectivity index is 1.53. The fourth-order valence-corrected chi connectivity index (χ4v) is 3.19. The quantitative estimate of drug-likeness (QED) is 0.533. The van der Waals surface area contributed by atoms with Crippen LogP contribution in [0.3, 0.4) is 0 Å². The Bertz CT molecular complexity index is 933. The minimum atomic E-state index is 0.224. The molecular weight excluding hydrogens is 372 g/mol. The lowest BCUT2D eigenvalue weighted by atomic mass is 10.2. The maximum Gasteiger partial charge on any atom is 0.222 e. The molecule has 0 saturated carbocycles. The van der Waals surface area contributed by atoms with E-state index in [0.29, 0.717) is 35.6 Å². The van der Waals surface area contributed by atoms with Crippen LogP contribution in [0.25, 0.3) is 11.4 Å². The van der Waals surface area contributed by atoms with E-state index in [0.717, 1.165) is 30.7 Å². The van der Waals surface area contributed by atoms with Gasteiger partial charge in [-0.25, -0.2) is 4.98 Å². The van der Waals surface area contributed by atoms with E-state index in [9.17, 15) is 0 Å². The second-order valence-electron chi connectivity index (χ2n) is 6.66. The molecular formula is C20H24N6O3. The molecule has 1 aliphatic heterocycles. The average Bonchev–Trinajstić information content (AvgIpc) is 3.44. The smallest absolute Gasteiger partial charge is 0.222 e. The molecule has 0 spiro atoms. The molecule has 3 N–H and O–H groups in total. The highest BCUT2D eigenvalue weighted by Gasteiger charge is 2.17. The summed E-state index contributed by atoms with van der Waals surface area (Å²) < 4.78 is 16.3. The summed E-state index contributed by atoms with van der Waals surface area (Å²) in [5.74, 6) is 3.23. The summed E-state index contributed by atoms with van der Waals surface area (Å²) in [5.41, 5.74) is 1.59. The number of hydrogen-bond acceptors (Lipinski definition) is 8. The minimum Gasteiger partial charge on any atom is -0.497 e. The maximum absolute atomic E-state index is 5.62. The largest absolute Gasteiger partial charge is 0.497 e. The second kappa shape index (κ2) is 8.78. The average molecular weight is 396 g/mol. The van der Waals surface area contributed by atoms with Gasteiger partial charge in [0, 0.05) is 43.2 Å². The predicted molar refractivity (Wildman–Crippen MR) is 110 cm³/mol. The Kier molecular flexibility index (Phi) is 5.76. The molecule has 3 aromatic rings. The second-order valence-corrected chi connectivity index (χ2v) is 6.66. The van der Waals surface area contributed by atoms with Gasteiger partial charge in [0.05, 0.1) is 25.9 Å². The number of aromatic nitrogens is 4. The van der Waals surface area contributed by atoms with Crippen molar-refractivity contribution in [2.24, 2.45) is 0 Å². The zero-order chi connectivity index (χ0) is 20.1. The van der Waals surface area contributed by atoms with Crippen LogP contribution in [-0.4, -0.2) is 53.6 Å². The van der Waals surface area contributed by atoms with Crippen molar-refractivity contribution in [2.45, 2.75) is 18.9 Å². The lowest BCUT2D eigenvalue weighted by Gasteiger charge is -2.12. The molecule has 1 saturated heterocycles. The van der Waals surface area contributed by atoms with E-state index in [2.05, 4.69) is 30.8 Å².